The monoisotopic (exact) mass is 357 g/mol. The molecule has 3 aromatic rings. The number of fused-ring (bicyclic) bond motifs is 1. The molecule has 128 valence electrons. The van der Waals surface area contributed by atoms with Gasteiger partial charge in [-0.1, -0.05) is 89.7 Å². The van der Waals surface area contributed by atoms with Crippen molar-refractivity contribution in [2.75, 3.05) is 6.17 Å². The molecule has 0 aromatic heterocycles. The first-order chi connectivity index (χ1) is 12.6. The smallest absolute Gasteiger partial charge is 0.261 e. The zero-order valence-electron chi connectivity index (χ0n) is 14.6. The number of hydrogen-bond acceptors (Lipinski definition) is 2. The normalized spacial score (nSPS) is 13.8. The zero-order valence-corrected chi connectivity index (χ0v) is 15.6. The van der Waals surface area contributed by atoms with Crippen LogP contribution >= 0.6 is 0 Å². The molecule has 0 saturated heterocycles. The van der Waals surface area contributed by atoms with E-state index in [4.69, 9.17) is 0 Å². The molecule has 4 rings (SSSR count). The molecule has 0 N–H and O–H groups in total. The predicted molar refractivity (Wildman–Crippen MR) is 106 cm³/mol. The molecule has 3 aromatic carbocycles. The molecule has 26 heavy (non-hydrogen) atoms. The van der Waals surface area contributed by atoms with E-state index in [1.807, 2.05) is 36.4 Å². The number of carbonyl (C=O) groups excluding carboxylic acids is 2. The van der Waals surface area contributed by atoms with E-state index in [0.717, 1.165) is 0 Å². The Hall–Kier alpha value is -2.98. The molecule has 3 nitrogen and oxygen atoms in total. The Bertz CT molecular complexity index is 895. The maximum atomic E-state index is 12.9. The highest BCUT2D eigenvalue weighted by Crippen LogP contribution is 2.24. The Morgan fingerprint density at radius 3 is 1.46 bits per heavy atom. The van der Waals surface area contributed by atoms with Crippen LogP contribution in [0.25, 0.3) is 0 Å². The molecule has 0 fully saturated rings. The fraction of sp³-hybridized carbons (Fsp3) is 0.0909. The van der Waals surface area contributed by atoms with Gasteiger partial charge in [-0.25, -0.2) is 0 Å². The van der Waals surface area contributed by atoms with Gasteiger partial charge < -0.3 is 0 Å². The van der Waals surface area contributed by atoms with E-state index in [1.54, 1.807) is 24.3 Å². The van der Waals surface area contributed by atoms with E-state index in [9.17, 15) is 9.59 Å². The lowest BCUT2D eigenvalue weighted by Gasteiger charge is -2.32. The molecule has 0 atom stereocenters. The molecule has 0 unspecified atom stereocenters. The average molecular weight is 357 g/mol. The lowest BCUT2D eigenvalue weighted by atomic mass is 10.1. The molecule has 0 aliphatic carbocycles. The molecule has 2 amide bonds. The second kappa shape index (κ2) is 6.39. The van der Waals surface area contributed by atoms with E-state index in [0.29, 0.717) is 17.3 Å². The maximum absolute atomic E-state index is 12.9. The van der Waals surface area contributed by atoms with Crippen LogP contribution in [-0.2, 0) is 0 Å². The number of imide groups is 1. The molecule has 1 aliphatic rings. The quantitative estimate of drug-likeness (QED) is 0.532. The summed E-state index contributed by atoms with van der Waals surface area (Å²) in [7, 11) is -2.31. The third-order valence-corrected chi connectivity index (χ3v) is 9.34. The van der Waals surface area contributed by atoms with Crippen molar-refractivity contribution in [1.29, 1.82) is 0 Å². The number of benzene rings is 3. The van der Waals surface area contributed by atoms with Crippen LogP contribution in [0.2, 0.25) is 6.55 Å². The Morgan fingerprint density at radius 1 is 0.654 bits per heavy atom. The van der Waals surface area contributed by atoms with Crippen molar-refractivity contribution in [3.8, 4) is 0 Å². The van der Waals surface area contributed by atoms with E-state index in [-0.39, 0.29) is 11.8 Å². The van der Waals surface area contributed by atoms with Gasteiger partial charge in [0.05, 0.1) is 11.1 Å². The van der Waals surface area contributed by atoms with Gasteiger partial charge in [0.25, 0.3) is 11.8 Å². The van der Waals surface area contributed by atoms with Crippen LogP contribution in [0.4, 0.5) is 0 Å². The van der Waals surface area contributed by atoms with Crippen LogP contribution in [0.1, 0.15) is 20.7 Å². The molecule has 1 heterocycles. The van der Waals surface area contributed by atoms with E-state index >= 15 is 0 Å². The van der Waals surface area contributed by atoms with Gasteiger partial charge >= 0.3 is 0 Å². The molecule has 1 aliphatic heterocycles. The summed E-state index contributed by atoms with van der Waals surface area (Å²) in [5.41, 5.74) is 1.02. The van der Waals surface area contributed by atoms with Gasteiger partial charge in [0.2, 0.25) is 0 Å². The lowest BCUT2D eigenvalue weighted by molar-refractivity contribution is 0.0679. The minimum atomic E-state index is -2.31. The second-order valence-electron chi connectivity index (χ2n) is 6.81. The van der Waals surface area contributed by atoms with Crippen LogP contribution in [0.3, 0.4) is 0 Å². The van der Waals surface area contributed by atoms with Crippen LogP contribution in [-0.4, -0.2) is 31.0 Å². The van der Waals surface area contributed by atoms with Gasteiger partial charge in [-0.3, -0.25) is 14.5 Å². The van der Waals surface area contributed by atoms with Crippen molar-refractivity contribution < 1.29 is 9.59 Å². The number of amides is 2. The Kier molecular flexibility index (Phi) is 4.05. The number of nitrogens with zero attached hydrogens (tertiary/aromatic N) is 1. The van der Waals surface area contributed by atoms with Crippen LogP contribution < -0.4 is 10.4 Å². The number of hydrogen-bond donors (Lipinski definition) is 0. The summed E-state index contributed by atoms with van der Waals surface area (Å²) in [5, 5.41) is 2.42. The first-order valence-corrected chi connectivity index (χ1v) is 11.4. The third kappa shape index (κ3) is 2.59. The van der Waals surface area contributed by atoms with E-state index in [1.165, 1.54) is 15.3 Å². The van der Waals surface area contributed by atoms with Crippen molar-refractivity contribution in [3.63, 3.8) is 0 Å². The Balaban J connectivity index is 1.78. The van der Waals surface area contributed by atoms with Gasteiger partial charge in [0, 0.05) is 6.17 Å². The van der Waals surface area contributed by atoms with E-state index in [2.05, 4.69) is 30.8 Å². The van der Waals surface area contributed by atoms with Crippen molar-refractivity contribution in [1.82, 2.24) is 4.90 Å². The summed E-state index contributed by atoms with van der Waals surface area (Å²) in [6, 6.07) is 27.6. The van der Waals surface area contributed by atoms with Crippen LogP contribution in [0, 0.1) is 0 Å². The van der Waals surface area contributed by atoms with Gasteiger partial charge in [-0.05, 0) is 12.1 Å². The van der Waals surface area contributed by atoms with Gasteiger partial charge in [0.15, 0.2) is 0 Å². The largest absolute Gasteiger partial charge is 0.277 e. The van der Waals surface area contributed by atoms with E-state index < -0.39 is 8.07 Å². The molecule has 0 saturated carbocycles. The highest BCUT2D eigenvalue weighted by atomic mass is 28.3. The molecule has 4 heteroatoms. The summed E-state index contributed by atoms with van der Waals surface area (Å²) >= 11 is 0. The predicted octanol–water partition coefficient (Wildman–Crippen LogP) is 2.71. The third-order valence-electron chi connectivity index (χ3n) is 5.17. The first kappa shape index (κ1) is 16.5. The Labute approximate surface area is 153 Å². The zero-order chi connectivity index (χ0) is 18.1. The highest BCUT2D eigenvalue weighted by molar-refractivity contribution is 7.01. The number of carbonyl (C=O) groups is 2. The van der Waals surface area contributed by atoms with Crippen LogP contribution in [0.15, 0.2) is 84.9 Å². The first-order valence-electron chi connectivity index (χ1n) is 8.67. The minimum absolute atomic E-state index is 0.184. The summed E-state index contributed by atoms with van der Waals surface area (Å²) in [5.74, 6) is -0.368. The summed E-state index contributed by atoms with van der Waals surface area (Å²) in [6.45, 7) is 2.22. The fourth-order valence-corrected chi connectivity index (χ4v) is 7.13. The average Bonchev–Trinajstić information content (AvgIpc) is 2.94. The van der Waals surface area contributed by atoms with Crippen molar-refractivity contribution in [3.05, 3.63) is 96.1 Å². The summed E-state index contributed by atoms with van der Waals surface area (Å²) in [6.07, 6.45) is 0.438. The summed E-state index contributed by atoms with van der Waals surface area (Å²) in [4.78, 5) is 27.2. The summed E-state index contributed by atoms with van der Waals surface area (Å²) < 4.78 is 0. The minimum Gasteiger partial charge on any atom is -0.277 e. The number of rotatable bonds is 4. The molecule has 0 spiro atoms. The lowest BCUT2D eigenvalue weighted by Crippen LogP contribution is -2.63. The molecule has 0 bridgehead atoms. The fourth-order valence-electron chi connectivity index (χ4n) is 3.66. The topological polar surface area (TPSA) is 37.4 Å². The maximum Gasteiger partial charge on any atom is 0.261 e. The van der Waals surface area contributed by atoms with Crippen molar-refractivity contribution >= 4 is 30.3 Å². The van der Waals surface area contributed by atoms with Crippen molar-refractivity contribution in [2.45, 2.75) is 6.55 Å². The highest BCUT2D eigenvalue weighted by Gasteiger charge is 2.42. The standard InChI is InChI=1S/C22H19NO2Si/c1-26(17-10-4-2-5-11-17,18-12-6-3-7-13-18)16-23-21(24)19-14-8-9-15-20(19)22(23)25/h2-15H,16H2,1H3. The molecular weight excluding hydrogens is 338 g/mol. The van der Waals surface area contributed by atoms with Gasteiger partial charge in [-0.15, -0.1) is 0 Å². The Morgan fingerprint density at radius 2 is 1.04 bits per heavy atom. The van der Waals surface area contributed by atoms with Gasteiger partial charge in [-0.2, -0.15) is 0 Å². The SMILES string of the molecule is C[Si](CN1C(=O)c2ccccc2C1=O)(c1ccccc1)c1ccccc1. The van der Waals surface area contributed by atoms with Gasteiger partial charge in [0.1, 0.15) is 8.07 Å². The molecular formula is C22H19NO2Si. The molecule has 0 radical (unpaired) electrons. The second-order valence-corrected chi connectivity index (χ2v) is 10.9. The van der Waals surface area contributed by atoms with Crippen LogP contribution in [0.5, 0.6) is 0 Å². The van der Waals surface area contributed by atoms with Crippen molar-refractivity contribution in [2.24, 2.45) is 0 Å².